The summed E-state index contributed by atoms with van der Waals surface area (Å²) < 4.78 is 5.68. The fourth-order valence-electron chi connectivity index (χ4n) is 3.76. The molecule has 1 fully saturated rings. The minimum atomic E-state index is 0.0942. The molecule has 2 heterocycles. The number of rotatable bonds is 2. The van der Waals surface area contributed by atoms with Crippen molar-refractivity contribution in [3.05, 3.63) is 29.8 Å². The number of hydrogen-bond acceptors (Lipinski definition) is 3. The molecule has 20 heavy (non-hydrogen) atoms. The van der Waals surface area contributed by atoms with Crippen molar-refractivity contribution in [2.45, 2.75) is 44.1 Å². The summed E-state index contributed by atoms with van der Waals surface area (Å²) in [6.07, 6.45) is 7.07. The fourth-order valence-corrected chi connectivity index (χ4v) is 3.76. The van der Waals surface area contributed by atoms with E-state index in [4.69, 9.17) is 10.5 Å². The van der Waals surface area contributed by atoms with Crippen molar-refractivity contribution < 1.29 is 4.74 Å². The third-order valence-electron chi connectivity index (χ3n) is 4.96. The van der Waals surface area contributed by atoms with Crippen LogP contribution in [0, 0.1) is 0 Å². The van der Waals surface area contributed by atoms with Crippen molar-refractivity contribution in [1.29, 1.82) is 0 Å². The Morgan fingerprint density at radius 1 is 1.10 bits per heavy atom. The molecule has 0 amide bonds. The Bertz CT molecular complexity index is 438. The van der Waals surface area contributed by atoms with Gasteiger partial charge in [0.05, 0.1) is 5.54 Å². The number of ether oxygens (including phenoxy) is 1. The fraction of sp³-hybridized carbons (Fsp3) is 0.647. The van der Waals surface area contributed by atoms with Gasteiger partial charge in [0.1, 0.15) is 0 Å². The van der Waals surface area contributed by atoms with Crippen LogP contribution in [0.1, 0.15) is 37.7 Å². The largest absolute Gasteiger partial charge is 0.381 e. The smallest absolute Gasteiger partial charge is 0.0547 e. The molecule has 1 saturated heterocycles. The first-order valence-corrected chi connectivity index (χ1v) is 7.99. The zero-order valence-corrected chi connectivity index (χ0v) is 12.3. The van der Waals surface area contributed by atoms with Gasteiger partial charge in [-0.1, -0.05) is 18.2 Å². The van der Waals surface area contributed by atoms with Crippen molar-refractivity contribution in [1.82, 2.24) is 0 Å². The summed E-state index contributed by atoms with van der Waals surface area (Å²) in [5.74, 6) is 0. The predicted molar refractivity (Wildman–Crippen MR) is 83.2 cm³/mol. The van der Waals surface area contributed by atoms with Crippen molar-refractivity contribution in [3.8, 4) is 0 Å². The maximum atomic E-state index is 6.25. The minimum Gasteiger partial charge on any atom is -0.381 e. The maximum absolute atomic E-state index is 6.25. The monoisotopic (exact) mass is 274 g/mol. The van der Waals surface area contributed by atoms with Gasteiger partial charge in [0.15, 0.2) is 0 Å². The van der Waals surface area contributed by atoms with E-state index in [-0.39, 0.29) is 5.54 Å². The zero-order chi connectivity index (χ0) is 13.8. The minimum absolute atomic E-state index is 0.0942. The van der Waals surface area contributed by atoms with Gasteiger partial charge in [0.25, 0.3) is 0 Å². The molecule has 1 atom stereocenters. The van der Waals surface area contributed by atoms with Crippen LogP contribution in [0.2, 0.25) is 0 Å². The second-order valence-electron chi connectivity index (χ2n) is 6.13. The third kappa shape index (κ3) is 2.57. The van der Waals surface area contributed by atoms with Crippen LogP contribution in [-0.2, 0) is 11.2 Å². The van der Waals surface area contributed by atoms with Gasteiger partial charge in [-0.3, -0.25) is 0 Å². The lowest BCUT2D eigenvalue weighted by atomic mass is 9.87. The average molecular weight is 274 g/mol. The van der Waals surface area contributed by atoms with Crippen LogP contribution in [0.3, 0.4) is 0 Å². The van der Waals surface area contributed by atoms with Crippen LogP contribution < -0.4 is 10.6 Å². The Labute approximate surface area is 122 Å². The Morgan fingerprint density at radius 3 is 2.90 bits per heavy atom. The number of anilines is 1. The van der Waals surface area contributed by atoms with Gasteiger partial charge in [-0.25, -0.2) is 0 Å². The Kier molecular flexibility index (Phi) is 4.27. The van der Waals surface area contributed by atoms with Gasteiger partial charge in [-0.2, -0.15) is 0 Å². The number of aryl methyl sites for hydroxylation is 1. The summed E-state index contributed by atoms with van der Waals surface area (Å²) in [6, 6.07) is 8.89. The molecule has 0 bridgehead atoms. The summed E-state index contributed by atoms with van der Waals surface area (Å²) in [5, 5.41) is 0. The topological polar surface area (TPSA) is 38.5 Å². The van der Waals surface area contributed by atoms with E-state index in [1.54, 1.807) is 0 Å². The predicted octanol–water partition coefficient (Wildman–Crippen LogP) is 2.73. The zero-order valence-electron chi connectivity index (χ0n) is 12.3. The third-order valence-corrected chi connectivity index (χ3v) is 4.96. The van der Waals surface area contributed by atoms with Gasteiger partial charge in [-0.15, -0.1) is 0 Å². The maximum Gasteiger partial charge on any atom is 0.0547 e. The molecule has 1 aromatic carbocycles. The highest BCUT2D eigenvalue weighted by molar-refractivity contribution is 5.56. The number of fused-ring (bicyclic) bond motifs is 1. The van der Waals surface area contributed by atoms with E-state index in [9.17, 15) is 0 Å². The highest BCUT2D eigenvalue weighted by Crippen LogP contribution is 2.36. The second-order valence-corrected chi connectivity index (χ2v) is 6.13. The van der Waals surface area contributed by atoms with Crippen LogP contribution in [0.4, 0.5) is 5.69 Å². The number of benzene rings is 1. The first kappa shape index (κ1) is 13.9. The molecule has 3 heteroatoms. The molecule has 2 aliphatic rings. The summed E-state index contributed by atoms with van der Waals surface area (Å²) in [7, 11) is 0. The first-order valence-electron chi connectivity index (χ1n) is 7.99. The van der Waals surface area contributed by atoms with E-state index in [1.165, 1.54) is 30.5 Å². The Balaban J connectivity index is 1.97. The molecular weight excluding hydrogens is 248 g/mol. The summed E-state index contributed by atoms with van der Waals surface area (Å²) in [5.41, 5.74) is 9.25. The SMILES string of the molecule is NCC1(N2CCCCc3ccccc32)CCCOCC1. The molecule has 3 rings (SSSR count). The van der Waals surface area contributed by atoms with E-state index in [0.29, 0.717) is 0 Å². The summed E-state index contributed by atoms with van der Waals surface area (Å²) in [6.45, 7) is 3.59. The molecule has 1 aromatic rings. The van der Waals surface area contributed by atoms with Crippen LogP contribution in [0.5, 0.6) is 0 Å². The number of hydrogen-bond donors (Lipinski definition) is 1. The number of para-hydroxylation sites is 1. The van der Waals surface area contributed by atoms with Gasteiger partial charge in [0, 0.05) is 32.0 Å². The first-order chi connectivity index (χ1) is 9.86. The molecule has 0 spiro atoms. The molecule has 2 aliphatic heterocycles. The van der Waals surface area contributed by atoms with Gasteiger partial charge in [0.2, 0.25) is 0 Å². The molecule has 3 nitrogen and oxygen atoms in total. The normalized spacial score (nSPS) is 27.6. The van der Waals surface area contributed by atoms with E-state index < -0.39 is 0 Å². The Morgan fingerprint density at radius 2 is 2.00 bits per heavy atom. The number of nitrogens with zero attached hydrogens (tertiary/aromatic N) is 1. The van der Waals surface area contributed by atoms with Crippen molar-refractivity contribution >= 4 is 5.69 Å². The van der Waals surface area contributed by atoms with Crippen LogP contribution in [0.15, 0.2) is 24.3 Å². The highest BCUT2D eigenvalue weighted by Gasteiger charge is 2.37. The van der Waals surface area contributed by atoms with Crippen LogP contribution >= 0.6 is 0 Å². The molecular formula is C17H26N2O. The molecule has 0 radical (unpaired) electrons. The van der Waals surface area contributed by atoms with Crippen LogP contribution in [0.25, 0.3) is 0 Å². The van der Waals surface area contributed by atoms with E-state index >= 15 is 0 Å². The molecule has 110 valence electrons. The van der Waals surface area contributed by atoms with Gasteiger partial charge in [-0.05, 0) is 50.2 Å². The van der Waals surface area contributed by atoms with E-state index in [0.717, 1.165) is 45.6 Å². The summed E-state index contributed by atoms with van der Waals surface area (Å²) >= 11 is 0. The molecule has 1 unspecified atom stereocenters. The van der Waals surface area contributed by atoms with E-state index in [2.05, 4.69) is 29.2 Å². The lowest BCUT2D eigenvalue weighted by molar-refractivity contribution is 0.139. The average Bonchev–Trinajstić information content (AvgIpc) is 2.86. The van der Waals surface area contributed by atoms with Gasteiger partial charge >= 0.3 is 0 Å². The second kappa shape index (κ2) is 6.15. The molecule has 2 N–H and O–H groups in total. The lowest BCUT2D eigenvalue weighted by Crippen LogP contribution is -2.55. The Hall–Kier alpha value is -1.06. The van der Waals surface area contributed by atoms with Crippen molar-refractivity contribution in [3.63, 3.8) is 0 Å². The number of nitrogens with two attached hydrogens (primary N) is 1. The quantitative estimate of drug-likeness (QED) is 0.901. The van der Waals surface area contributed by atoms with Crippen molar-refractivity contribution in [2.24, 2.45) is 5.73 Å². The highest BCUT2D eigenvalue weighted by atomic mass is 16.5. The standard InChI is InChI=1S/C17H26N2O/c18-14-17(9-5-12-20-13-10-17)19-11-4-3-7-15-6-1-2-8-16(15)19/h1-2,6,8H,3-5,7,9-14,18H2. The molecule has 0 aromatic heterocycles. The van der Waals surface area contributed by atoms with E-state index in [1.807, 2.05) is 0 Å². The molecule has 0 aliphatic carbocycles. The molecule has 0 saturated carbocycles. The van der Waals surface area contributed by atoms with Crippen LogP contribution in [-0.4, -0.2) is 31.8 Å². The summed E-state index contributed by atoms with van der Waals surface area (Å²) in [4.78, 5) is 2.62. The van der Waals surface area contributed by atoms with Crippen molar-refractivity contribution in [2.75, 3.05) is 31.2 Å². The lowest BCUT2D eigenvalue weighted by Gasteiger charge is -2.45. The van der Waals surface area contributed by atoms with Gasteiger partial charge < -0.3 is 15.4 Å².